The fourth-order valence-corrected chi connectivity index (χ4v) is 2.58. The lowest BCUT2D eigenvalue weighted by Gasteiger charge is -2.19. The van der Waals surface area contributed by atoms with Gasteiger partial charge in [0.25, 0.3) is 0 Å². The minimum atomic E-state index is -0.622. The van der Waals surface area contributed by atoms with Gasteiger partial charge in [0.05, 0.1) is 6.54 Å². The van der Waals surface area contributed by atoms with Crippen LogP contribution in [0.4, 0.5) is 4.79 Å². The summed E-state index contributed by atoms with van der Waals surface area (Å²) in [5.74, 6) is -0.231. The quantitative estimate of drug-likeness (QED) is 0.410. The van der Waals surface area contributed by atoms with E-state index >= 15 is 0 Å². The van der Waals surface area contributed by atoms with E-state index in [9.17, 15) is 9.59 Å². The average molecular weight is 412 g/mol. The second kappa shape index (κ2) is 10.3. The molecule has 2 aromatic carbocycles. The summed E-state index contributed by atoms with van der Waals surface area (Å²) in [5, 5.41) is 5.22. The van der Waals surface area contributed by atoms with Crippen LogP contribution in [0.3, 0.4) is 0 Å². The molecule has 0 aliphatic carbocycles. The van der Waals surface area contributed by atoms with Crippen molar-refractivity contribution in [2.75, 3.05) is 6.54 Å². The number of ether oxygens (including phenoxy) is 1. The van der Waals surface area contributed by atoms with Crippen molar-refractivity contribution in [2.24, 2.45) is 16.5 Å². The van der Waals surface area contributed by atoms with Gasteiger partial charge in [-0.2, -0.15) is 0 Å². The Labute approximate surface area is 176 Å². The molecule has 0 atom stereocenters. The van der Waals surface area contributed by atoms with Gasteiger partial charge in [-0.05, 0) is 49.1 Å². The number of nitrogens with zero attached hydrogens (tertiary/aromatic N) is 1. The molecular formula is C22H29N5O3. The van der Waals surface area contributed by atoms with Crippen LogP contribution in [0, 0.1) is 0 Å². The van der Waals surface area contributed by atoms with Crippen molar-refractivity contribution < 1.29 is 14.3 Å². The summed E-state index contributed by atoms with van der Waals surface area (Å²) >= 11 is 0. The Morgan fingerprint density at radius 2 is 1.67 bits per heavy atom. The molecule has 30 heavy (non-hydrogen) atoms. The van der Waals surface area contributed by atoms with Gasteiger partial charge in [-0.25, -0.2) is 9.79 Å². The monoisotopic (exact) mass is 411 g/mol. The fourth-order valence-electron chi connectivity index (χ4n) is 2.58. The predicted molar refractivity (Wildman–Crippen MR) is 117 cm³/mol. The lowest BCUT2D eigenvalue weighted by Crippen LogP contribution is -2.39. The number of benzene rings is 2. The number of nitrogens with one attached hydrogen (secondary N) is 2. The number of aliphatic imine (C=N–C) groups is 1. The Bertz CT molecular complexity index is 898. The molecule has 0 spiro atoms. The van der Waals surface area contributed by atoms with Crippen LogP contribution < -0.4 is 22.1 Å². The normalized spacial score (nSPS) is 10.8. The van der Waals surface area contributed by atoms with Crippen LogP contribution in [-0.4, -0.2) is 30.1 Å². The SMILES string of the molecule is CC(C)(C)OC(=O)NCC(=O)NCc1cccc(-c2ccc(CN=C(N)N)cc2)c1. The van der Waals surface area contributed by atoms with Crippen LogP contribution >= 0.6 is 0 Å². The lowest BCUT2D eigenvalue weighted by atomic mass is 10.0. The zero-order valence-electron chi connectivity index (χ0n) is 17.6. The number of nitrogens with two attached hydrogens (primary N) is 2. The smallest absolute Gasteiger partial charge is 0.408 e. The third kappa shape index (κ3) is 8.22. The van der Waals surface area contributed by atoms with E-state index in [-0.39, 0.29) is 18.4 Å². The number of rotatable bonds is 7. The molecule has 2 amide bonds. The summed E-state index contributed by atoms with van der Waals surface area (Å²) in [6.45, 7) is 5.93. The van der Waals surface area contributed by atoms with Crippen LogP contribution in [0.1, 0.15) is 31.9 Å². The van der Waals surface area contributed by atoms with Crippen molar-refractivity contribution in [3.05, 3.63) is 59.7 Å². The van der Waals surface area contributed by atoms with Gasteiger partial charge in [-0.3, -0.25) is 4.79 Å². The van der Waals surface area contributed by atoms with Gasteiger partial charge in [0.15, 0.2) is 5.96 Å². The molecule has 2 rings (SSSR count). The Morgan fingerprint density at radius 1 is 0.967 bits per heavy atom. The lowest BCUT2D eigenvalue weighted by molar-refractivity contribution is -0.120. The number of carbonyl (C=O) groups is 2. The fraction of sp³-hybridized carbons (Fsp3) is 0.318. The Hall–Kier alpha value is -3.55. The van der Waals surface area contributed by atoms with Crippen LogP contribution in [0.15, 0.2) is 53.5 Å². The summed E-state index contributed by atoms with van der Waals surface area (Å²) in [6, 6.07) is 15.8. The number of guanidine groups is 1. The molecule has 160 valence electrons. The van der Waals surface area contributed by atoms with E-state index in [1.807, 2.05) is 48.5 Å². The number of amides is 2. The van der Waals surface area contributed by atoms with Crippen molar-refractivity contribution in [3.8, 4) is 11.1 Å². The summed E-state index contributed by atoms with van der Waals surface area (Å²) < 4.78 is 5.10. The zero-order chi connectivity index (χ0) is 22.1. The maximum Gasteiger partial charge on any atom is 0.408 e. The third-order valence-electron chi connectivity index (χ3n) is 3.94. The molecule has 0 aromatic heterocycles. The highest BCUT2D eigenvalue weighted by molar-refractivity contribution is 5.82. The molecule has 0 fully saturated rings. The second-order valence-electron chi connectivity index (χ2n) is 7.77. The van der Waals surface area contributed by atoms with Crippen LogP contribution in [0.2, 0.25) is 0 Å². The number of hydrogen-bond acceptors (Lipinski definition) is 4. The van der Waals surface area contributed by atoms with Crippen LogP contribution in [0.5, 0.6) is 0 Å². The molecule has 0 aliphatic rings. The van der Waals surface area contributed by atoms with Gasteiger partial charge in [0.2, 0.25) is 5.91 Å². The van der Waals surface area contributed by atoms with Crippen molar-refractivity contribution >= 4 is 18.0 Å². The van der Waals surface area contributed by atoms with E-state index in [4.69, 9.17) is 16.2 Å². The minimum Gasteiger partial charge on any atom is -0.444 e. The highest BCUT2D eigenvalue weighted by Crippen LogP contribution is 2.21. The maximum atomic E-state index is 12.0. The first kappa shape index (κ1) is 22.7. The van der Waals surface area contributed by atoms with Gasteiger partial charge in [-0.1, -0.05) is 42.5 Å². The minimum absolute atomic E-state index is 0.0649. The van der Waals surface area contributed by atoms with Gasteiger partial charge in [-0.15, -0.1) is 0 Å². The van der Waals surface area contributed by atoms with E-state index < -0.39 is 11.7 Å². The predicted octanol–water partition coefficient (Wildman–Crippen LogP) is 2.27. The molecule has 0 bridgehead atoms. The Balaban J connectivity index is 1.89. The van der Waals surface area contributed by atoms with Crippen LogP contribution in [0.25, 0.3) is 11.1 Å². The first-order chi connectivity index (χ1) is 14.1. The van der Waals surface area contributed by atoms with E-state index in [0.717, 1.165) is 22.3 Å². The molecule has 0 aliphatic heterocycles. The molecule has 2 aromatic rings. The topological polar surface area (TPSA) is 132 Å². The van der Waals surface area contributed by atoms with Crippen molar-refractivity contribution in [3.63, 3.8) is 0 Å². The summed E-state index contributed by atoms with van der Waals surface area (Å²) in [7, 11) is 0. The second-order valence-corrected chi connectivity index (χ2v) is 7.77. The van der Waals surface area contributed by atoms with Gasteiger partial charge in [0, 0.05) is 6.54 Å². The third-order valence-corrected chi connectivity index (χ3v) is 3.94. The average Bonchev–Trinajstić information content (AvgIpc) is 2.68. The molecular weight excluding hydrogens is 382 g/mol. The number of hydrogen-bond donors (Lipinski definition) is 4. The maximum absolute atomic E-state index is 12.0. The van der Waals surface area contributed by atoms with Crippen molar-refractivity contribution in [1.29, 1.82) is 0 Å². The summed E-state index contributed by atoms with van der Waals surface area (Å²) in [5.41, 5.74) is 14.1. The standard InChI is InChI=1S/C22H29N5O3/c1-22(2,3)30-21(29)27-14-19(28)25-13-16-5-4-6-18(11-16)17-9-7-15(8-10-17)12-26-20(23)24/h4-11H,12-14H2,1-3H3,(H,25,28)(H,27,29)(H4,23,24,26). The molecule has 8 nitrogen and oxygen atoms in total. The summed E-state index contributed by atoms with van der Waals surface area (Å²) in [6.07, 6.45) is -0.622. The largest absolute Gasteiger partial charge is 0.444 e. The molecule has 0 saturated carbocycles. The molecule has 8 heteroatoms. The Kier molecular flexibility index (Phi) is 7.80. The van der Waals surface area contributed by atoms with Crippen molar-refractivity contribution in [2.45, 2.75) is 39.5 Å². The van der Waals surface area contributed by atoms with E-state index in [1.165, 1.54) is 0 Å². The first-order valence-electron chi connectivity index (χ1n) is 9.59. The first-order valence-corrected chi connectivity index (χ1v) is 9.59. The molecule has 0 heterocycles. The van der Waals surface area contributed by atoms with Crippen molar-refractivity contribution in [1.82, 2.24) is 10.6 Å². The van der Waals surface area contributed by atoms with E-state index in [1.54, 1.807) is 20.8 Å². The number of alkyl carbamates (subject to hydrolysis) is 1. The van der Waals surface area contributed by atoms with Gasteiger partial charge < -0.3 is 26.8 Å². The summed E-state index contributed by atoms with van der Waals surface area (Å²) in [4.78, 5) is 27.6. The van der Waals surface area contributed by atoms with Gasteiger partial charge >= 0.3 is 6.09 Å². The van der Waals surface area contributed by atoms with Gasteiger partial charge in [0.1, 0.15) is 12.1 Å². The highest BCUT2D eigenvalue weighted by atomic mass is 16.6. The van der Waals surface area contributed by atoms with E-state index in [0.29, 0.717) is 13.1 Å². The Morgan fingerprint density at radius 3 is 2.30 bits per heavy atom. The highest BCUT2D eigenvalue weighted by Gasteiger charge is 2.16. The zero-order valence-corrected chi connectivity index (χ0v) is 17.6. The molecule has 6 N–H and O–H groups in total. The molecule has 0 unspecified atom stereocenters. The van der Waals surface area contributed by atoms with Crippen LogP contribution in [-0.2, 0) is 22.6 Å². The van der Waals surface area contributed by atoms with E-state index in [2.05, 4.69) is 15.6 Å². The molecule has 0 radical (unpaired) electrons. The number of carbonyl (C=O) groups excluding carboxylic acids is 2. The molecule has 0 saturated heterocycles.